The molecule has 0 spiro atoms. The molecule has 0 saturated carbocycles. The Bertz CT molecular complexity index is 1130. The van der Waals surface area contributed by atoms with Crippen LogP contribution >= 0.6 is 11.6 Å². The maximum absolute atomic E-state index is 13.6. The van der Waals surface area contributed by atoms with E-state index >= 15 is 0 Å². The molecule has 1 unspecified atom stereocenters. The van der Waals surface area contributed by atoms with Gasteiger partial charge in [0.05, 0.1) is 18.2 Å². The number of hydrogen-bond acceptors (Lipinski definition) is 3. The first-order valence-electron chi connectivity index (χ1n) is 10.7. The number of nitrogens with zero attached hydrogens (tertiary/aromatic N) is 2. The molecule has 168 valence electrons. The summed E-state index contributed by atoms with van der Waals surface area (Å²) in [6.07, 6.45) is 0.0476. The summed E-state index contributed by atoms with van der Waals surface area (Å²) in [4.78, 5) is 17.3. The lowest BCUT2D eigenvalue weighted by Gasteiger charge is -2.41. The highest BCUT2D eigenvalue weighted by Crippen LogP contribution is 2.38. The highest BCUT2D eigenvalue weighted by molar-refractivity contribution is 6.29. The molecule has 0 bridgehead atoms. The third-order valence-electron chi connectivity index (χ3n) is 6.43. The van der Waals surface area contributed by atoms with Gasteiger partial charge in [0.2, 0.25) is 0 Å². The fourth-order valence-corrected chi connectivity index (χ4v) is 4.67. The molecule has 1 saturated heterocycles. The minimum absolute atomic E-state index is 0.252. The van der Waals surface area contributed by atoms with Crippen LogP contribution < -0.4 is 0 Å². The number of rotatable bonds is 5. The predicted octanol–water partition coefficient (Wildman–Crippen LogP) is 6.13. The van der Waals surface area contributed by atoms with E-state index in [9.17, 15) is 14.3 Å². The second-order valence-corrected chi connectivity index (χ2v) is 8.96. The number of carbonyl (C=O) groups is 1. The number of amides is 1. The summed E-state index contributed by atoms with van der Waals surface area (Å²) in [5, 5.41) is 10.8. The van der Waals surface area contributed by atoms with E-state index in [4.69, 9.17) is 16.3 Å². The highest BCUT2D eigenvalue weighted by atomic mass is 35.5. The SMILES string of the molecule is Cc1cc(C(C)OCC2(c3ccc(F)cc3)CCN(C(=O)O)CC2)c2nc(Cl)ccc2c1. The second-order valence-electron chi connectivity index (χ2n) is 8.57. The van der Waals surface area contributed by atoms with Gasteiger partial charge >= 0.3 is 6.09 Å². The Labute approximate surface area is 191 Å². The van der Waals surface area contributed by atoms with Crippen LogP contribution in [0.15, 0.2) is 48.5 Å². The number of hydrogen-bond donors (Lipinski definition) is 1. The van der Waals surface area contributed by atoms with E-state index in [0.717, 1.165) is 27.6 Å². The lowest BCUT2D eigenvalue weighted by atomic mass is 9.73. The Morgan fingerprint density at radius 3 is 2.56 bits per heavy atom. The lowest BCUT2D eigenvalue weighted by molar-refractivity contribution is 0.00555. The van der Waals surface area contributed by atoms with Crippen molar-refractivity contribution in [2.45, 2.75) is 38.2 Å². The Balaban J connectivity index is 1.61. The van der Waals surface area contributed by atoms with Crippen LogP contribution in [-0.4, -0.2) is 40.8 Å². The first-order chi connectivity index (χ1) is 15.3. The summed E-state index contributed by atoms with van der Waals surface area (Å²) in [6, 6.07) is 14.3. The van der Waals surface area contributed by atoms with Crippen LogP contribution in [0.4, 0.5) is 9.18 Å². The standard InChI is InChI=1S/C25H26ClFN2O3/c1-16-13-18-3-8-22(26)28-23(18)21(14-16)17(2)32-15-25(19-4-6-20(27)7-5-19)9-11-29(12-10-25)24(30)31/h3-8,13-14,17H,9-12,15H2,1-2H3,(H,30,31). The molecule has 1 aliphatic rings. The quantitative estimate of drug-likeness (QED) is 0.469. The van der Waals surface area contributed by atoms with Gasteiger partial charge in [-0.3, -0.25) is 0 Å². The van der Waals surface area contributed by atoms with Gasteiger partial charge in [-0.1, -0.05) is 35.4 Å². The van der Waals surface area contributed by atoms with E-state index in [-0.39, 0.29) is 11.9 Å². The van der Waals surface area contributed by atoms with Crippen molar-refractivity contribution >= 4 is 28.6 Å². The molecule has 1 atom stereocenters. The lowest BCUT2D eigenvalue weighted by Crippen LogP contribution is -2.47. The van der Waals surface area contributed by atoms with Crippen LogP contribution in [0, 0.1) is 12.7 Å². The molecule has 1 N–H and O–H groups in total. The number of aryl methyl sites for hydroxylation is 1. The van der Waals surface area contributed by atoms with Gasteiger partial charge in [0, 0.05) is 29.5 Å². The van der Waals surface area contributed by atoms with Crippen molar-refractivity contribution in [1.29, 1.82) is 0 Å². The van der Waals surface area contributed by atoms with Gasteiger partial charge in [0.25, 0.3) is 0 Å². The molecule has 0 aliphatic carbocycles. The highest BCUT2D eigenvalue weighted by Gasteiger charge is 2.38. The van der Waals surface area contributed by atoms with E-state index in [1.165, 1.54) is 17.0 Å². The predicted molar refractivity (Wildman–Crippen MR) is 123 cm³/mol. The van der Waals surface area contributed by atoms with Gasteiger partial charge in [0.15, 0.2) is 0 Å². The van der Waals surface area contributed by atoms with Crippen molar-refractivity contribution in [3.8, 4) is 0 Å². The minimum Gasteiger partial charge on any atom is -0.465 e. The molecule has 3 aromatic rings. The topological polar surface area (TPSA) is 62.7 Å². The van der Waals surface area contributed by atoms with Gasteiger partial charge < -0.3 is 14.7 Å². The average molecular weight is 457 g/mol. The summed E-state index contributed by atoms with van der Waals surface area (Å²) < 4.78 is 20.0. The third-order valence-corrected chi connectivity index (χ3v) is 6.64. The van der Waals surface area contributed by atoms with Crippen molar-refractivity contribution < 1.29 is 19.0 Å². The van der Waals surface area contributed by atoms with Gasteiger partial charge in [0.1, 0.15) is 11.0 Å². The normalized spacial score (nSPS) is 16.8. The molecule has 5 nitrogen and oxygen atoms in total. The van der Waals surface area contributed by atoms with E-state index < -0.39 is 11.5 Å². The zero-order chi connectivity index (χ0) is 22.9. The van der Waals surface area contributed by atoms with E-state index in [2.05, 4.69) is 17.1 Å². The Kier molecular flexibility index (Phi) is 6.35. The Hall–Kier alpha value is -2.70. The molecule has 32 heavy (non-hydrogen) atoms. The van der Waals surface area contributed by atoms with Crippen molar-refractivity contribution in [1.82, 2.24) is 9.88 Å². The third kappa shape index (κ3) is 4.57. The van der Waals surface area contributed by atoms with Gasteiger partial charge in [-0.05, 0) is 62.6 Å². The van der Waals surface area contributed by atoms with E-state index in [0.29, 0.717) is 37.7 Å². The number of piperidine rings is 1. The summed E-state index contributed by atoms with van der Waals surface area (Å²) >= 11 is 6.15. The summed E-state index contributed by atoms with van der Waals surface area (Å²) in [5.74, 6) is -0.296. The molecular formula is C25H26ClFN2O3. The number of pyridine rings is 1. The average Bonchev–Trinajstić information content (AvgIpc) is 2.78. The molecule has 1 aliphatic heterocycles. The van der Waals surface area contributed by atoms with Gasteiger partial charge in [-0.25, -0.2) is 14.2 Å². The van der Waals surface area contributed by atoms with Crippen molar-refractivity contribution in [2.24, 2.45) is 0 Å². The van der Waals surface area contributed by atoms with Crippen LogP contribution in [0.25, 0.3) is 10.9 Å². The number of fused-ring (bicyclic) bond motifs is 1. The van der Waals surface area contributed by atoms with Crippen molar-refractivity contribution in [3.63, 3.8) is 0 Å². The van der Waals surface area contributed by atoms with Crippen LogP contribution in [-0.2, 0) is 10.2 Å². The smallest absolute Gasteiger partial charge is 0.407 e. The summed E-state index contributed by atoms with van der Waals surface area (Å²) in [7, 11) is 0. The zero-order valence-electron chi connectivity index (χ0n) is 18.1. The molecule has 1 fully saturated rings. The molecular weight excluding hydrogens is 431 g/mol. The van der Waals surface area contributed by atoms with Crippen LogP contribution in [0.2, 0.25) is 5.15 Å². The van der Waals surface area contributed by atoms with Gasteiger partial charge in [-0.2, -0.15) is 0 Å². The summed E-state index contributed by atoms with van der Waals surface area (Å²) in [6.45, 7) is 5.24. The molecule has 1 aromatic heterocycles. The summed E-state index contributed by atoms with van der Waals surface area (Å²) in [5.41, 5.74) is 3.45. The molecule has 1 amide bonds. The number of ether oxygens (including phenoxy) is 1. The monoisotopic (exact) mass is 456 g/mol. The number of halogens is 2. The molecule has 4 rings (SSSR count). The van der Waals surface area contributed by atoms with E-state index in [1.807, 2.05) is 19.9 Å². The maximum atomic E-state index is 13.6. The number of benzene rings is 2. The molecule has 2 heterocycles. The maximum Gasteiger partial charge on any atom is 0.407 e. The number of aromatic nitrogens is 1. The molecule has 2 aromatic carbocycles. The molecule has 7 heteroatoms. The minimum atomic E-state index is -0.916. The number of likely N-dealkylation sites (tertiary alicyclic amines) is 1. The van der Waals surface area contributed by atoms with Crippen LogP contribution in [0.5, 0.6) is 0 Å². The fraction of sp³-hybridized carbons (Fsp3) is 0.360. The number of carboxylic acid groups (broad SMARTS) is 1. The van der Waals surface area contributed by atoms with Gasteiger partial charge in [-0.15, -0.1) is 0 Å². The first-order valence-corrected chi connectivity index (χ1v) is 11.1. The largest absolute Gasteiger partial charge is 0.465 e. The Morgan fingerprint density at radius 1 is 1.22 bits per heavy atom. The van der Waals surface area contributed by atoms with Crippen molar-refractivity contribution in [2.75, 3.05) is 19.7 Å². The van der Waals surface area contributed by atoms with E-state index in [1.54, 1.807) is 18.2 Å². The first kappa shape index (κ1) is 22.5. The second kappa shape index (κ2) is 9.04. The van der Waals surface area contributed by atoms with Crippen LogP contribution in [0.1, 0.15) is 42.6 Å². The Morgan fingerprint density at radius 2 is 1.91 bits per heavy atom. The zero-order valence-corrected chi connectivity index (χ0v) is 18.9. The van der Waals surface area contributed by atoms with Crippen LogP contribution in [0.3, 0.4) is 0 Å². The fourth-order valence-electron chi connectivity index (χ4n) is 4.52. The van der Waals surface area contributed by atoms with Crippen molar-refractivity contribution in [3.05, 3.63) is 76.2 Å². The molecule has 0 radical (unpaired) electrons.